The van der Waals surface area contributed by atoms with Gasteiger partial charge in [-0.3, -0.25) is 9.59 Å². The van der Waals surface area contributed by atoms with Gasteiger partial charge in [-0.2, -0.15) is 0 Å². The summed E-state index contributed by atoms with van der Waals surface area (Å²) in [4.78, 5) is 18.2. The molecule has 0 saturated carbocycles. The van der Waals surface area contributed by atoms with E-state index in [1.54, 1.807) is 11.8 Å². The fourth-order valence-electron chi connectivity index (χ4n) is 0.0510. The lowest BCUT2D eigenvalue weighted by Gasteiger charge is -1.40. The average Bonchev–Trinajstić information content (AvgIpc) is 1.61. The highest BCUT2D eigenvalue weighted by molar-refractivity contribution is 5.84. The van der Waals surface area contributed by atoms with Gasteiger partial charge in [0.1, 0.15) is 0 Å². The molecule has 0 aromatic carbocycles. The van der Waals surface area contributed by atoms with Gasteiger partial charge in [0.15, 0.2) is 0 Å². The third-order valence-electron chi connectivity index (χ3n) is 0.165. The van der Waals surface area contributed by atoms with Gasteiger partial charge in [0.05, 0.1) is 0 Å². The summed E-state index contributed by atoms with van der Waals surface area (Å²) in [6.07, 6.45) is 2.39. The van der Waals surface area contributed by atoms with Crippen molar-refractivity contribution in [1.29, 1.82) is 0 Å². The van der Waals surface area contributed by atoms with E-state index in [1.807, 2.05) is 0 Å². The van der Waals surface area contributed by atoms with Crippen molar-refractivity contribution in [1.82, 2.24) is 0 Å². The Morgan fingerprint density at radius 1 is 0.833 bits per heavy atom. The normalized spacial score (nSPS) is 4.67. The molecular formula is C4O2. The lowest BCUT2D eigenvalue weighted by atomic mass is 10.6. The van der Waals surface area contributed by atoms with Crippen LogP contribution in [0.4, 0.5) is 0 Å². The second-order valence-corrected chi connectivity index (χ2v) is 0.454. The average molecular weight is 80.0 g/mol. The molecule has 2 heteroatoms. The predicted octanol–water partition coefficient (Wildman–Crippen LogP) is -0.791. The van der Waals surface area contributed by atoms with Crippen molar-refractivity contribution in [2.24, 2.45) is 0 Å². The molecule has 0 spiro atoms. The van der Waals surface area contributed by atoms with Gasteiger partial charge in [-0.05, 0) is 11.8 Å². The molecule has 2 radical (unpaired) electrons. The first kappa shape index (κ1) is 4.90. The molecule has 0 aliphatic heterocycles. The summed E-state index contributed by atoms with van der Waals surface area (Å²) < 4.78 is 0. The summed E-state index contributed by atoms with van der Waals surface area (Å²) in [7, 11) is 0. The van der Waals surface area contributed by atoms with Gasteiger partial charge in [-0.1, -0.05) is 0 Å². The molecule has 0 rings (SSSR count). The maximum absolute atomic E-state index is 9.09. The Kier molecular flexibility index (Phi) is 3.19. The molecule has 0 aliphatic carbocycles. The van der Waals surface area contributed by atoms with E-state index in [-0.39, 0.29) is 0 Å². The highest BCUT2D eigenvalue weighted by atomic mass is 16.1. The standard InChI is InChI=1S/C4O2/c5-3-1-2-4-6. The Morgan fingerprint density at radius 2 is 1.17 bits per heavy atom. The van der Waals surface area contributed by atoms with Crippen LogP contribution in [0.5, 0.6) is 0 Å². The maximum atomic E-state index is 9.09. The van der Waals surface area contributed by atoms with E-state index in [9.17, 15) is 0 Å². The Hall–Kier alpha value is -1.10. The van der Waals surface area contributed by atoms with Crippen LogP contribution in [0.2, 0.25) is 0 Å². The van der Waals surface area contributed by atoms with E-state index >= 15 is 0 Å². The van der Waals surface area contributed by atoms with Crippen molar-refractivity contribution in [3.8, 4) is 11.8 Å². The monoisotopic (exact) mass is 80.0 g/mol. The minimum Gasteiger partial charge on any atom is -0.275 e. The van der Waals surface area contributed by atoms with Crippen LogP contribution in [0, 0.1) is 11.8 Å². The third kappa shape index (κ3) is 2.90. The summed E-state index contributed by atoms with van der Waals surface area (Å²) in [5.41, 5.74) is 0. The molecule has 0 fully saturated rings. The lowest BCUT2D eigenvalue weighted by molar-refractivity contribution is 0.563. The van der Waals surface area contributed by atoms with Gasteiger partial charge < -0.3 is 0 Å². The highest BCUT2D eigenvalue weighted by Gasteiger charge is 1.56. The van der Waals surface area contributed by atoms with Gasteiger partial charge in [-0.25, -0.2) is 0 Å². The van der Waals surface area contributed by atoms with Gasteiger partial charge in [0, 0.05) is 0 Å². The van der Waals surface area contributed by atoms with E-state index in [0.717, 1.165) is 0 Å². The minimum atomic E-state index is 1.20. The first-order valence-corrected chi connectivity index (χ1v) is 1.16. The SMILES string of the molecule is O=[C]C#C[C]=O. The molecule has 0 atom stereocenters. The summed E-state index contributed by atoms with van der Waals surface area (Å²) in [5, 5.41) is 0. The lowest BCUT2D eigenvalue weighted by Crippen LogP contribution is -1.60. The van der Waals surface area contributed by atoms with Crippen LogP contribution in [0.15, 0.2) is 0 Å². The Morgan fingerprint density at radius 3 is 1.33 bits per heavy atom. The van der Waals surface area contributed by atoms with Crippen molar-refractivity contribution in [3.05, 3.63) is 0 Å². The number of hydrogen-bond donors (Lipinski definition) is 0. The molecule has 0 amide bonds. The Labute approximate surface area is 35.2 Å². The van der Waals surface area contributed by atoms with E-state index in [0.29, 0.717) is 0 Å². The molecule has 0 aliphatic rings. The zero-order valence-corrected chi connectivity index (χ0v) is 2.82. The van der Waals surface area contributed by atoms with Crippen molar-refractivity contribution in [3.63, 3.8) is 0 Å². The van der Waals surface area contributed by atoms with Gasteiger partial charge in [-0.15, -0.1) is 0 Å². The van der Waals surface area contributed by atoms with Crippen LogP contribution < -0.4 is 0 Å². The fraction of sp³-hybridized carbons (Fsp3) is 0. The summed E-state index contributed by atoms with van der Waals surface area (Å²) in [5.74, 6) is 3.44. The maximum Gasteiger partial charge on any atom is 0.285 e. The first-order valence-electron chi connectivity index (χ1n) is 1.16. The van der Waals surface area contributed by atoms with Crippen molar-refractivity contribution >= 4 is 12.6 Å². The molecule has 6 heavy (non-hydrogen) atoms. The smallest absolute Gasteiger partial charge is 0.275 e. The molecule has 28 valence electrons. The van der Waals surface area contributed by atoms with Crippen molar-refractivity contribution < 1.29 is 9.59 Å². The van der Waals surface area contributed by atoms with Gasteiger partial charge in [0.2, 0.25) is 0 Å². The van der Waals surface area contributed by atoms with Crippen LogP contribution in [0.25, 0.3) is 0 Å². The van der Waals surface area contributed by atoms with Crippen LogP contribution in [-0.2, 0) is 9.59 Å². The Bertz CT molecular complexity index is 92.5. The third-order valence-corrected chi connectivity index (χ3v) is 0.165. The molecule has 0 bridgehead atoms. The number of carbonyl (C=O) groups excluding carboxylic acids is 2. The molecule has 0 heterocycles. The van der Waals surface area contributed by atoms with E-state index in [1.165, 1.54) is 12.6 Å². The number of rotatable bonds is 0. The van der Waals surface area contributed by atoms with E-state index in [4.69, 9.17) is 9.59 Å². The van der Waals surface area contributed by atoms with Gasteiger partial charge >= 0.3 is 0 Å². The zero-order chi connectivity index (χ0) is 4.83. The van der Waals surface area contributed by atoms with Crippen LogP contribution >= 0.6 is 0 Å². The highest BCUT2D eigenvalue weighted by Crippen LogP contribution is 1.36. The zero-order valence-electron chi connectivity index (χ0n) is 2.82. The first-order chi connectivity index (χ1) is 2.91. The van der Waals surface area contributed by atoms with Crippen LogP contribution in [-0.4, -0.2) is 12.6 Å². The second kappa shape index (κ2) is 3.90. The van der Waals surface area contributed by atoms with Gasteiger partial charge in [0.25, 0.3) is 12.6 Å². The van der Waals surface area contributed by atoms with Crippen LogP contribution in [0.1, 0.15) is 0 Å². The van der Waals surface area contributed by atoms with Crippen molar-refractivity contribution in [2.75, 3.05) is 0 Å². The van der Waals surface area contributed by atoms with E-state index in [2.05, 4.69) is 0 Å². The molecular weight excluding hydrogens is 80.0 g/mol. The topological polar surface area (TPSA) is 34.1 Å². The summed E-state index contributed by atoms with van der Waals surface area (Å²) >= 11 is 0. The molecule has 0 saturated heterocycles. The van der Waals surface area contributed by atoms with Crippen molar-refractivity contribution in [2.45, 2.75) is 0 Å². The molecule has 0 aromatic heterocycles. The predicted molar refractivity (Wildman–Crippen MR) is 19.2 cm³/mol. The fourth-order valence-corrected chi connectivity index (χ4v) is 0.0510. The summed E-state index contributed by atoms with van der Waals surface area (Å²) in [6, 6.07) is 0. The molecule has 0 aromatic rings. The van der Waals surface area contributed by atoms with Crippen LogP contribution in [0.3, 0.4) is 0 Å². The largest absolute Gasteiger partial charge is 0.285 e. The molecule has 0 unspecified atom stereocenters. The quantitative estimate of drug-likeness (QED) is 0.357. The Balaban J connectivity index is 3.39. The molecule has 2 nitrogen and oxygen atoms in total. The summed E-state index contributed by atoms with van der Waals surface area (Å²) in [6.45, 7) is 0. The minimum absolute atomic E-state index is 1.20. The number of hydrogen-bond acceptors (Lipinski definition) is 2. The molecule has 0 N–H and O–H groups in total. The van der Waals surface area contributed by atoms with E-state index < -0.39 is 0 Å². The second-order valence-electron chi connectivity index (χ2n) is 0.454.